The molecule has 80 valence electrons. The van der Waals surface area contributed by atoms with Gasteiger partial charge in [-0.15, -0.1) is 6.42 Å². The number of thioether (sulfide) groups is 1. The number of nitrogens with one attached hydrogen (secondary N) is 1. The van der Waals surface area contributed by atoms with E-state index in [0.29, 0.717) is 6.54 Å². The Kier molecular flexibility index (Phi) is 5.99. The lowest BCUT2D eigenvalue weighted by atomic mass is 10.2. The molecular formula is C13H17NS. The fourth-order valence-corrected chi connectivity index (χ4v) is 2.15. The topological polar surface area (TPSA) is 12.0 Å². The van der Waals surface area contributed by atoms with Crippen LogP contribution < -0.4 is 5.32 Å². The van der Waals surface area contributed by atoms with Crippen LogP contribution >= 0.6 is 11.8 Å². The van der Waals surface area contributed by atoms with Crippen LogP contribution in [0.25, 0.3) is 0 Å². The highest BCUT2D eigenvalue weighted by atomic mass is 32.2. The maximum Gasteiger partial charge on any atom is 0.0574 e. The van der Waals surface area contributed by atoms with E-state index in [2.05, 4.69) is 42.4 Å². The van der Waals surface area contributed by atoms with Crippen LogP contribution in [0.3, 0.4) is 0 Å². The van der Waals surface area contributed by atoms with Gasteiger partial charge in [-0.3, -0.25) is 0 Å². The third kappa shape index (κ3) is 5.51. The molecule has 0 amide bonds. The van der Waals surface area contributed by atoms with Gasteiger partial charge in [0, 0.05) is 18.1 Å². The van der Waals surface area contributed by atoms with E-state index in [1.54, 1.807) is 0 Å². The maximum absolute atomic E-state index is 5.13. The summed E-state index contributed by atoms with van der Waals surface area (Å²) < 4.78 is 0. The third-order valence-corrected chi connectivity index (χ3v) is 3.03. The van der Waals surface area contributed by atoms with E-state index in [4.69, 9.17) is 6.42 Å². The predicted octanol–water partition coefficient (Wildman–Crippen LogP) is 2.45. The molecular weight excluding hydrogens is 202 g/mol. The van der Waals surface area contributed by atoms with Gasteiger partial charge >= 0.3 is 0 Å². The van der Waals surface area contributed by atoms with Crippen LogP contribution in [0.2, 0.25) is 0 Å². The van der Waals surface area contributed by atoms with Crippen LogP contribution in [0.1, 0.15) is 11.1 Å². The van der Waals surface area contributed by atoms with Gasteiger partial charge in [0.1, 0.15) is 0 Å². The lowest BCUT2D eigenvalue weighted by Gasteiger charge is -2.03. The fraction of sp³-hybridized carbons (Fsp3) is 0.385. The summed E-state index contributed by atoms with van der Waals surface area (Å²) in [6.07, 6.45) is 5.13. The molecule has 0 saturated carbocycles. The van der Waals surface area contributed by atoms with Gasteiger partial charge in [0.15, 0.2) is 0 Å². The molecule has 0 heterocycles. The SMILES string of the molecule is C#CCNCCSCc1cccc(C)c1. The minimum atomic E-state index is 0.672. The van der Waals surface area contributed by atoms with Crippen LogP contribution in [0, 0.1) is 19.3 Å². The normalized spacial score (nSPS) is 9.87. The molecule has 0 fully saturated rings. The lowest BCUT2D eigenvalue weighted by Crippen LogP contribution is -2.16. The second kappa shape index (κ2) is 7.39. The van der Waals surface area contributed by atoms with Crippen molar-refractivity contribution in [3.63, 3.8) is 0 Å². The molecule has 1 aromatic carbocycles. The fourth-order valence-electron chi connectivity index (χ4n) is 1.30. The van der Waals surface area contributed by atoms with E-state index < -0.39 is 0 Å². The monoisotopic (exact) mass is 219 g/mol. The van der Waals surface area contributed by atoms with Crippen molar-refractivity contribution in [1.29, 1.82) is 0 Å². The van der Waals surface area contributed by atoms with Crippen molar-refractivity contribution in [2.45, 2.75) is 12.7 Å². The first-order chi connectivity index (χ1) is 7.33. The molecule has 0 aliphatic heterocycles. The van der Waals surface area contributed by atoms with Gasteiger partial charge < -0.3 is 5.32 Å². The van der Waals surface area contributed by atoms with Crippen molar-refractivity contribution in [3.05, 3.63) is 35.4 Å². The zero-order valence-electron chi connectivity index (χ0n) is 9.12. The Balaban J connectivity index is 2.13. The first-order valence-corrected chi connectivity index (χ1v) is 6.26. The summed E-state index contributed by atoms with van der Waals surface area (Å²) in [5, 5.41) is 3.18. The summed E-state index contributed by atoms with van der Waals surface area (Å²) in [4.78, 5) is 0. The molecule has 1 aromatic rings. The highest BCUT2D eigenvalue weighted by Crippen LogP contribution is 2.12. The number of terminal acetylenes is 1. The molecule has 0 bridgehead atoms. The lowest BCUT2D eigenvalue weighted by molar-refractivity contribution is 0.818. The summed E-state index contributed by atoms with van der Waals surface area (Å²) >= 11 is 1.93. The standard InChI is InChI=1S/C13H17NS/c1-3-7-14-8-9-15-11-13-6-4-5-12(2)10-13/h1,4-6,10,14H,7-9,11H2,2H3. The largest absolute Gasteiger partial charge is 0.305 e. The Bertz CT molecular complexity index is 328. The number of hydrogen-bond acceptors (Lipinski definition) is 2. The summed E-state index contributed by atoms with van der Waals surface area (Å²) in [7, 11) is 0. The summed E-state index contributed by atoms with van der Waals surface area (Å²) in [5.74, 6) is 4.75. The second-order valence-corrected chi connectivity index (χ2v) is 4.53. The quantitative estimate of drug-likeness (QED) is 0.582. The smallest absolute Gasteiger partial charge is 0.0574 e. The average molecular weight is 219 g/mol. The van der Waals surface area contributed by atoms with Crippen LogP contribution in [0.5, 0.6) is 0 Å². The first kappa shape index (κ1) is 12.2. The molecule has 1 rings (SSSR count). The summed E-state index contributed by atoms with van der Waals surface area (Å²) in [6, 6.07) is 8.65. The molecule has 0 radical (unpaired) electrons. The Morgan fingerprint density at radius 3 is 3.07 bits per heavy atom. The number of benzene rings is 1. The van der Waals surface area contributed by atoms with Gasteiger partial charge in [-0.25, -0.2) is 0 Å². The number of rotatable bonds is 6. The van der Waals surface area contributed by atoms with Gasteiger partial charge in [0.2, 0.25) is 0 Å². The Labute approximate surface area is 96.7 Å². The molecule has 0 atom stereocenters. The van der Waals surface area contributed by atoms with Crippen molar-refractivity contribution in [2.24, 2.45) is 0 Å². The highest BCUT2D eigenvalue weighted by Gasteiger charge is 1.93. The first-order valence-electron chi connectivity index (χ1n) is 5.10. The van der Waals surface area contributed by atoms with Crippen LogP contribution in [0.4, 0.5) is 0 Å². The molecule has 0 aromatic heterocycles. The van der Waals surface area contributed by atoms with Gasteiger partial charge in [-0.05, 0) is 12.5 Å². The van der Waals surface area contributed by atoms with Crippen LogP contribution in [-0.2, 0) is 5.75 Å². The molecule has 0 saturated heterocycles. The third-order valence-electron chi connectivity index (χ3n) is 2.00. The Morgan fingerprint density at radius 2 is 2.33 bits per heavy atom. The van der Waals surface area contributed by atoms with E-state index >= 15 is 0 Å². The molecule has 2 heteroatoms. The molecule has 0 unspecified atom stereocenters. The predicted molar refractivity (Wildman–Crippen MR) is 69.0 cm³/mol. The van der Waals surface area contributed by atoms with Gasteiger partial charge in [0.05, 0.1) is 6.54 Å². The minimum absolute atomic E-state index is 0.672. The molecule has 0 aliphatic rings. The van der Waals surface area contributed by atoms with E-state index in [1.165, 1.54) is 11.1 Å². The Morgan fingerprint density at radius 1 is 1.47 bits per heavy atom. The Hall–Kier alpha value is -0.910. The van der Waals surface area contributed by atoms with Crippen molar-refractivity contribution >= 4 is 11.8 Å². The van der Waals surface area contributed by atoms with E-state index in [9.17, 15) is 0 Å². The molecule has 1 nitrogen and oxygen atoms in total. The van der Waals surface area contributed by atoms with Crippen molar-refractivity contribution in [2.75, 3.05) is 18.8 Å². The summed E-state index contributed by atoms with van der Waals surface area (Å²) in [6.45, 7) is 3.79. The number of aryl methyl sites for hydroxylation is 1. The van der Waals surface area contributed by atoms with Crippen molar-refractivity contribution < 1.29 is 0 Å². The van der Waals surface area contributed by atoms with E-state index in [-0.39, 0.29) is 0 Å². The van der Waals surface area contributed by atoms with E-state index in [1.807, 2.05) is 11.8 Å². The van der Waals surface area contributed by atoms with E-state index in [0.717, 1.165) is 18.1 Å². The average Bonchev–Trinajstić information content (AvgIpc) is 2.23. The molecule has 15 heavy (non-hydrogen) atoms. The molecule has 0 spiro atoms. The highest BCUT2D eigenvalue weighted by molar-refractivity contribution is 7.98. The van der Waals surface area contributed by atoms with Gasteiger partial charge in [0.25, 0.3) is 0 Å². The van der Waals surface area contributed by atoms with Crippen molar-refractivity contribution in [3.8, 4) is 12.3 Å². The zero-order chi connectivity index (χ0) is 10.9. The van der Waals surface area contributed by atoms with Crippen LogP contribution in [-0.4, -0.2) is 18.8 Å². The second-order valence-electron chi connectivity index (χ2n) is 3.42. The molecule has 1 N–H and O–H groups in total. The minimum Gasteiger partial charge on any atom is -0.305 e. The van der Waals surface area contributed by atoms with Gasteiger partial charge in [-0.1, -0.05) is 35.7 Å². The van der Waals surface area contributed by atoms with Gasteiger partial charge in [-0.2, -0.15) is 11.8 Å². The summed E-state index contributed by atoms with van der Waals surface area (Å²) in [5.41, 5.74) is 2.73. The maximum atomic E-state index is 5.13. The van der Waals surface area contributed by atoms with Crippen LogP contribution in [0.15, 0.2) is 24.3 Å². The molecule has 0 aliphatic carbocycles. The number of hydrogen-bond donors (Lipinski definition) is 1. The van der Waals surface area contributed by atoms with Crippen molar-refractivity contribution in [1.82, 2.24) is 5.32 Å². The zero-order valence-corrected chi connectivity index (χ0v) is 9.94.